The summed E-state index contributed by atoms with van der Waals surface area (Å²) in [5, 5.41) is 9.82. The van der Waals surface area contributed by atoms with Crippen LogP contribution in [0.5, 0.6) is 5.88 Å². The number of benzene rings is 1. The van der Waals surface area contributed by atoms with E-state index in [1.807, 2.05) is 0 Å². The molecule has 0 unspecified atom stereocenters. The number of carbonyl (C=O) groups is 1. The fourth-order valence-corrected chi connectivity index (χ4v) is 2.69. The van der Waals surface area contributed by atoms with Crippen LogP contribution in [-0.4, -0.2) is 27.7 Å². The fraction of sp³-hybridized carbons (Fsp3) is 0.267. The van der Waals surface area contributed by atoms with E-state index in [0.29, 0.717) is 0 Å². The second-order valence-corrected chi connectivity index (χ2v) is 5.62. The molecule has 0 saturated heterocycles. The van der Waals surface area contributed by atoms with Crippen molar-refractivity contribution >= 4 is 17.7 Å². The first-order valence-corrected chi connectivity index (χ1v) is 7.94. The molecule has 0 bridgehead atoms. The van der Waals surface area contributed by atoms with E-state index in [2.05, 4.69) is 9.97 Å². The number of rotatable bonds is 6. The SMILES string of the molecule is CCOC(=O)Cc1c(O)nc(SCc2cccc(F)c2F)[nH]c1=O. The molecule has 0 spiro atoms. The lowest BCUT2D eigenvalue weighted by Crippen LogP contribution is -2.19. The van der Waals surface area contributed by atoms with Gasteiger partial charge in [-0.1, -0.05) is 23.9 Å². The van der Waals surface area contributed by atoms with Crippen molar-refractivity contribution in [2.24, 2.45) is 0 Å². The Morgan fingerprint density at radius 1 is 1.42 bits per heavy atom. The topological polar surface area (TPSA) is 92.3 Å². The van der Waals surface area contributed by atoms with Crippen LogP contribution in [0.2, 0.25) is 0 Å². The highest BCUT2D eigenvalue weighted by molar-refractivity contribution is 7.98. The number of halogens is 2. The standard InChI is InChI=1S/C15H14F2N2O4S/c1-2-23-11(20)6-9-13(21)18-15(19-14(9)22)24-7-8-4-3-5-10(16)12(8)17/h3-5H,2,6-7H2,1H3,(H2,18,19,21,22). The Labute approximate surface area is 139 Å². The Morgan fingerprint density at radius 3 is 2.83 bits per heavy atom. The molecule has 2 aromatic rings. The predicted octanol–water partition coefficient (Wildman–Crippen LogP) is 2.15. The molecule has 0 radical (unpaired) electrons. The molecule has 1 heterocycles. The van der Waals surface area contributed by atoms with Gasteiger partial charge in [0.05, 0.1) is 18.6 Å². The van der Waals surface area contributed by atoms with Gasteiger partial charge in [-0.2, -0.15) is 4.98 Å². The van der Waals surface area contributed by atoms with E-state index in [4.69, 9.17) is 4.74 Å². The maximum atomic E-state index is 13.6. The molecule has 128 valence electrons. The highest BCUT2D eigenvalue weighted by Gasteiger charge is 2.16. The number of aromatic nitrogens is 2. The zero-order valence-corrected chi connectivity index (χ0v) is 13.5. The lowest BCUT2D eigenvalue weighted by Gasteiger charge is -2.06. The quantitative estimate of drug-likeness (QED) is 0.468. The number of ether oxygens (including phenoxy) is 1. The van der Waals surface area contributed by atoms with Crippen LogP contribution in [0.1, 0.15) is 18.1 Å². The molecule has 0 aliphatic carbocycles. The van der Waals surface area contributed by atoms with Crippen LogP contribution in [0.3, 0.4) is 0 Å². The smallest absolute Gasteiger partial charge is 0.310 e. The van der Waals surface area contributed by atoms with Crippen molar-refractivity contribution in [3.05, 3.63) is 51.3 Å². The minimum absolute atomic E-state index is 0.00317. The van der Waals surface area contributed by atoms with Crippen molar-refractivity contribution in [1.82, 2.24) is 9.97 Å². The first-order valence-electron chi connectivity index (χ1n) is 6.95. The number of carbonyl (C=O) groups excluding carboxylic acids is 1. The maximum Gasteiger partial charge on any atom is 0.310 e. The molecule has 6 nitrogen and oxygen atoms in total. The number of aromatic hydroxyl groups is 1. The van der Waals surface area contributed by atoms with Gasteiger partial charge in [-0.3, -0.25) is 9.59 Å². The second-order valence-electron chi connectivity index (χ2n) is 4.66. The van der Waals surface area contributed by atoms with Gasteiger partial charge < -0.3 is 14.8 Å². The summed E-state index contributed by atoms with van der Waals surface area (Å²) in [6.07, 6.45) is -0.411. The molecular weight excluding hydrogens is 342 g/mol. The number of aromatic amines is 1. The van der Waals surface area contributed by atoms with Gasteiger partial charge >= 0.3 is 5.97 Å². The summed E-state index contributed by atoms with van der Waals surface area (Å²) in [5.74, 6) is -3.21. The van der Waals surface area contributed by atoms with E-state index < -0.39 is 35.5 Å². The Bertz CT molecular complexity index is 811. The van der Waals surface area contributed by atoms with Gasteiger partial charge in [-0.25, -0.2) is 8.78 Å². The summed E-state index contributed by atoms with van der Waals surface area (Å²) in [6.45, 7) is 1.77. The molecular formula is C15H14F2N2O4S. The number of nitrogens with one attached hydrogen (secondary N) is 1. The summed E-state index contributed by atoms with van der Waals surface area (Å²) in [4.78, 5) is 29.4. The van der Waals surface area contributed by atoms with Crippen LogP contribution < -0.4 is 5.56 Å². The van der Waals surface area contributed by atoms with Crippen LogP contribution >= 0.6 is 11.8 Å². The Hall–Kier alpha value is -2.42. The first-order chi connectivity index (χ1) is 11.4. The van der Waals surface area contributed by atoms with Crippen molar-refractivity contribution in [2.75, 3.05) is 6.61 Å². The summed E-state index contributed by atoms with van der Waals surface area (Å²) in [5.41, 5.74) is -0.815. The van der Waals surface area contributed by atoms with Gasteiger partial charge in [0.25, 0.3) is 5.56 Å². The number of nitrogens with zero attached hydrogens (tertiary/aromatic N) is 1. The van der Waals surface area contributed by atoms with E-state index in [0.717, 1.165) is 17.8 Å². The molecule has 1 aromatic heterocycles. The van der Waals surface area contributed by atoms with E-state index in [9.17, 15) is 23.5 Å². The molecule has 2 rings (SSSR count). The molecule has 24 heavy (non-hydrogen) atoms. The number of esters is 1. The minimum Gasteiger partial charge on any atom is -0.493 e. The summed E-state index contributed by atoms with van der Waals surface area (Å²) in [6, 6.07) is 3.77. The van der Waals surface area contributed by atoms with Gasteiger partial charge in [0, 0.05) is 11.3 Å². The van der Waals surface area contributed by atoms with Crippen LogP contribution in [0.4, 0.5) is 8.78 Å². The average Bonchev–Trinajstić information content (AvgIpc) is 2.52. The Morgan fingerprint density at radius 2 is 2.17 bits per heavy atom. The van der Waals surface area contributed by atoms with E-state index in [1.54, 1.807) is 6.92 Å². The van der Waals surface area contributed by atoms with Crippen molar-refractivity contribution in [3.8, 4) is 5.88 Å². The zero-order chi connectivity index (χ0) is 17.7. The monoisotopic (exact) mass is 356 g/mol. The minimum atomic E-state index is -0.976. The molecule has 0 amide bonds. The van der Waals surface area contributed by atoms with Crippen LogP contribution in [-0.2, 0) is 21.7 Å². The molecule has 0 aliphatic heterocycles. The number of hydrogen-bond donors (Lipinski definition) is 2. The normalized spacial score (nSPS) is 10.6. The fourth-order valence-electron chi connectivity index (χ4n) is 1.86. The largest absolute Gasteiger partial charge is 0.493 e. The van der Waals surface area contributed by atoms with Gasteiger partial charge in [0.2, 0.25) is 5.88 Å². The van der Waals surface area contributed by atoms with Crippen LogP contribution in [0.25, 0.3) is 0 Å². The average molecular weight is 356 g/mol. The molecule has 0 atom stereocenters. The third-order valence-corrected chi connectivity index (χ3v) is 3.92. The summed E-state index contributed by atoms with van der Waals surface area (Å²) in [7, 11) is 0. The molecule has 2 N–H and O–H groups in total. The number of hydrogen-bond acceptors (Lipinski definition) is 6. The van der Waals surface area contributed by atoms with E-state index in [-0.39, 0.29) is 28.6 Å². The highest BCUT2D eigenvalue weighted by Crippen LogP contribution is 2.23. The van der Waals surface area contributed by atoms with Crippen molar-refractivity contribution < 1.29 is 23.4 Å². The van der Waals surface area contributed by atoms with Gasteiger partial charge in [0.1, 0.15) is 0 Å². The molecule has 0 saturated carbocycles. The lowest BCUT2D eigenvalue weighted by molar-refractivity contribution is -0.142. The van der Waals surface area contributed by atoms with Crippen LogP contribution in [0, 0.1) is 11.6 Å². The molecule has 9 heteroatoms. The van der Waals surface area contributed by atoms with Crippen molar-refractivity contribution in [1.29, 1.82) is 0 Å². The lowest BCUT2D eigenvalue weighted by atomic mass is 10.2. The van der Waals surface area contributed by atoms with E-state index >= 15 is 0 Å². The van der Waals surface area contributed by atoms with E-state index in [1.165, 1.54) is 12.1 Å². The summed E-state index contributed by atoms with van der Waals surface area (Å²) >= 11 is 0.913. The summed E-state index contributed by atoms with van der Waals surface area (Å²) < 4.78 is 31.4. The number of H-pyrrole nitrogens is 1. The van der Waals surface area contributed by atoms with Crippen LogP contribution in [0.15, 0.2) is 28.2 Å². The van der Waals surface area contributed by atoms with Crippen molar-refractivity contribution in [2.45, 2.75) is 24.3 Å². The Kier molecular flexibility index (Phi) is 5.91. The zero-order valence-electron chi connectivity index (χ0n) is 12.6. The Balaban J connectivity index is 2.14. The van der Waals surface area contributed by atoms with Gasteiger partial charge in [-0.05, 0) is 13.0 Å². The number of thioether (sulfide) groups is 1. The predicted molar refractivity (Wildman–Crippen MR) is 82.8 cm³/mol. The second kappa shape index (κ2) is 7.91. The van der Waals surface area contributed by atoms with Gasteiger partial charge in [0.15, 0.2) is 16.8 Å². The third kappa shape index (κ3) is 4.31. The highest BCUT2D eigenvalue weighted by atomic mass is 32.2. The van der Waals surface area contributed by atoms with Gasteiger partial charge in [-0.15, -0.1) is 0 Å². The molecule has 0 aliphatic rings. The van der Waals surface area contributed by atoms with Crippen molar-refractivity contribution in [3.63, 3.8) is 0 Å². The maximum absolute atomic E-state index is 13.6. The first kappa shape index (κ1) is 17.9. The molecule has 1 aromatic carbocycles. The molecule has 0 fully saturated rings. The third-order valence-electron chi connectivity index (χ3n) is 2.99.